The summed E-state index contributed by atoms with van der Waals surface area (Å²) in [4.78, 5) is 4.16. The summed E-state index contributed by atoms with van der Waals surface area (Å²) < 4.78 is 1.97. The minimum Gasteiger partial charge on any atom is -0.255 e. The van der Waals surface area contributed by atoms with E-state index in [0.717, 1.165) is 17.3 Å². The lowest BCUT2D eigenvalue weighted by molar-refractivity contribution is 0.730. The van der Waals surface area contributed by atoms with Gasteiger partial charge in [0.15, 0.2) is 8.07 Å². The van der Waals surface area contributed by atoms with Crippen molar-refractivity contribution in [3.63, 3.8) is 0 Å². The molecule has 0 fully saturated rings. The molecule has 0 aliphatic rings. The predicted octanol–water partition coefficient (Wildman–Crippen LogP) is 4.93. The summed E-state index contributed by atoms with van der Waals surface area (Å²) in [7, 11) is 3.85. The van der Waals surface area contributed by atoms with E-state index in [1.165, 1.54) is 15.6 Å². The van der Waals surface area contributed by atoms with Gasteiger partial charge in [-0.25, -0.2) is 4.98 Å². The Kier molecular flexibility index (Phi) is 8.62. The molecule has 188 valence electrons. The number of hydrogen-bond acceptors (Lipinski definition) is 2. The van der Waals surface area contributed by atoms with Crippen molar-refractivity contribution in [3.8, 4) is 0 Å². The lowest BCUT2D eigenvalue weighted by Gasteiger charge is -2.33. The molecule has 5 heteroatoms. The van der Waals surface area contributed by atoms with Crippen LogP contribution < -0.4 is 15.6 Å². The van der Waals surface area contributed by atoms with Crippen molar-refractivity contribution >= 4 is 31.5 Å². The fraction of sp³-hybridized carbons (Fsp3) is 0.0588. The highest BCUT2D eigenvalue weighted by molar-refractivity contribution is 7.10. The van der Waals surface area contributed by atoms with E-state index in [1.807, 2.05) is 47.4 Å². The predicted molar refractivity (Wildman–Crippen MR) is 164 cm³/mol. The van der Waals surface area contributed by atoms with Gasteiger partial charge < -0.3 is 0 Å². The van der Waals surface area contributed by atoms with Crippen LogP contribution in [0, 0.1) is 0 Å². The van der Waals surface area contributed by atoms with E-state index in [9.17, 15) is 0 Å². The standard InChI is InChI=1S/C21H19N3Si.C13H11B/c1-4-10-19(11-5-1)25(18-24-17-22-16-23-24,20-12-6-2-7-13-20)21-14-8-3-9-15-21;14-13(11-7-3-1-4-8-11)12-9-5-2-6-10-12/h1-17H,18H2;1-10,13H. The van der Waals surface area contributed by atoms with Crippen LogP contribution in [-0.2, 0) is 6.17 Å². The number of hydrogen-bond donors (Lipinski definition) is 0. The van der Waals surface area contributed by atoms with Gasteiger partial charge in [-0.2, -0.15) is 5.10 Å². The molecule has 6 rings (SSSR count). The molecule has 6 aromatic rings. The van der Waals surface area contributed by atoms with E-state index in [1.54, 1.807) is 6.33 Å². The molecule has 0 bridgehead atoms. The largest absolute Gasteiger partial charge is 0.255 e. The lowest BCUT2D eigenvalue weighted by atomic mass is 9.76. The van der Waals surface area contributed by atoms with Gasteiger partial charge in [0.2, 0.25) is 0 Å². The maximum atomic E-state index is 6.12. The van der Waals surface area contributed by atoms with Crippen LogP contribution in [0.4, 0.5) is 0 Å². The third-order valence-electron chi connectivity index (χ3n) is 6.98. The van der Waals surface area contributed by atoms with Crippen LogP contribution in [0.3, 0.4) is 0 Å². The zero-order valence-electron chi connectivity index (χ0n) is 21.8. The summed E-state index contributed by atoms with van der Waals surface area (Å²) in [6.45, 7) is 0. The summed E-state index contributed by atoms with van der Waals surface area (Å²) in [5.74, 6) is -0.0163. The highest BCUT2D eigenvalue weighted by Crippen LogP contribution is 2.20. The van der Waals surface area contributed by atoms with Crippen molar-refractivity contribution in [1.29, 1.82) is 0 Å². The van der Waals surface area contributed by atoms with Gasteiger partial charge in [0.1, 0.15) is 12.7 Å². The number of rotatable bonds is 7. The second kappa shape index (κ2) is 12.9. The molecule has 0 aliphatic heterocycles. The van der Waals surface area contributed by atoms with Crippen LogP contribution in [0.5, 0.6) is 0 Å². The lowest BCUT2D eigenvalue weighted by Crippen LogP contribution is -2.69. The second-order valence-corrected chi connectivity index (χ2v) is 13.3. The number of aromatic nitrogens is 3. The number of benzene rings is 5. The summed E-state index contributed by atoms with van der Waals surface area (Å²) >= 11 is 0. The molecule has 0 saturated heterocycles. The van der Waals surface area contributed by atoms with Crippen LogP contribution in [0.2, 0.25) is 0 Å². The first-order valence-electron chi connectivity index (χ1n) is 13.1. The molecule has 0 N–H and O–H groups in total. The first-order valence-corrected chi connectivity index (χ1v) is 15.3. The Balaban J connectivity index is 0.000000186. The zero-order valence-corrected chi connectivity index (χ0v) is 22.8. The van der Waals surface area contributed by atoms with Crippen molar-refractivity contribution in [2.75, 3.05) is 0 Å². The molecule has 0 saturated carbocycles. The van der Waals surface area contributed by atoms with E-state index >= 15 is 0 Å². The van der Waals surface area contributed by atoms with Crippen molar-refractivity contribution in [2.24, 2.45) is 0 Å². The molecule has 39 heavy (non-hydrogen) atoms. The van der Waals surface area contributed by atoms with Crippen LogP contribution in [0.15, 0.2) is 164 Å². The van der Waals surface area contributed by atoms with Gasteiger partial charge in [-0.1, -0.05) is 152 Å². The SMILES string of the molecule is [B]C(c1ccccc1)c1ccccc1.c1ccc([Si](Cn2cncn2)(c2ccccc2)c2ccccc2)cc1. The van der Waals surface area contributed by atoms with Crippen molar-refractivity contribution in [2.45, 2.75) is 12.0 Å². The smallest absolute Gasteiger partial charge is 0.169 e. The minimum absolute atomic E-state index is 0.0163. The quantitative estimate of drug-likeness (QED) is 0.221. The first kappa shape index (κ1) is 26.1. The normalized spacial score (nSPS) is 11.0. The molecule has 1 heterocycles. The van der Waals surface area contributed by atoms with Crippen molar-refractivity contribution in [1.82, 2.24) is 14.8 Å². The highest BCUT2D eigenvalue weighted by Gasteiger charge is 2.40. The Morgan fingerprint density at radius 2 is 0.897 bits per heavy atom. The summed E-state index contributed by atoms with van der Waals surface area (Å²) in [5.41, 5.74) is 2.30. The Morgan fingerprint density at radius 3 is 1.23 bits per heavy atom. The van der Waals surface area contributed by atoms with E-state index < -0.39 is 8.07 Å². The Morgan fingerprint density at radius 1 is 0.538 bits per heavy atom. The Bertz CT molecular complexity index is 1380. The van der Waals surface area contributed by atoms with E-state index in [-0.39, 0.29) is 5.82 Å². The van der Waals surface area contributed by atoms with Gasteiger partial charge in [-0.15, -0.1) is 0 Å². The molecular weight excluding hydrogens is 489 g/mol. The molecule has 0 atom stereocenters. The number of nitrogens with zero attached hydrogens (tertiary/aromatic N) is 3. The van der Waals surface area contributed by atoms with Gasteiger partial charge in [-0.05, 0) is 32.5 Å². The van der Waals surface area contributed by atoms with Crippen LogP contribution in [0.1, 0.15) is 16.9 Å². The summed E-state index contributed by atoms with van der Waals surface area (Å²) in [5, 5.41) is 8.55. The topological polar surface area (TPSA) is 30.7 Å². The molecule has 0 amide bonds. The summed E-state index contributed by atoms with van der Waals surface area (Å²) in [6, 6.07) is 52.8. The van der Waals surface area contributed by atoms with Gasteiger partial charge in [0.25, 0.3) is 0 Å². The Labute approximate surface area is 233 Å². The van der Waals surface area contributed by atoms with Crippen LogP contribution >= 0.6 is 0 Å². The zero-order chi connectivity index (χ0) is 26.8. The second-order valence-electron chi connectivity index (χ2n) is 9.40. The van der Waals surface area contributed by atoms with E-state index in [0.29, 0.717) is 0 Å². The highest BCUT2D eigenvalue weighted by atomic mass is 28.3. The fourth-order valence-corrected chi connectivity index (χ4v) is 9.49. The summed E-state index contributed by atoms with van der Waals surface area (Å²) in [6.07, 6.45) is 4.25. The molecule has 0 spiro atoms. The van der Waals surface area contributed by atoms with Crippen molar-refractivity contribution in [3.05, 3.63) is 175 Å². The average Bonchev–Trinajstić information content (AvgIpc) is 3.55. The fourth-order valence-electron chi connectivity index (χ4n) is 5.01. The van der Waals surface area contributed by atoms with Gasteiger partial charge >= 0.3 is 0 Å². The van der Waals surface area contributed by atoms with Crippen LogP contribution in [-0.4, -0.2) is 30.7 Å². The monoisotopic (exact) mass is 519 g/mol. The third-order valence-corrected chi connectivity index (χ3v) is 11.7. The Hall–Kier alpha value is -4.48. The minimum atomic E-state index is -2.27. The molecule has 2 radical (unpaired) electrons. The average molecular weight is 520 g/mol. The van der Waals surface area contributed by atoms with Gasteiger partial charge in [0.05, 0.1) is 7.85 Å². The van der Waals surface area contributed by atoms with Crippen LogP contribution in [0.25, 0.3) is 0 Å². The molecule has 3 nitrogen and oxygen atoms in total. The first-order chi connectivity index (χ1) is 19.3. The molecule has 1 aromatic heterocycles. The maximum Gasteiger partial charge on any atom is 0.169 e. The maximum absolute atomic E-state index is 6.12. The molecule has 5 aromatic carbocycles. The molecule has 0 aliphatic carbocycles. The van der Waals surface area contributed by atoms with Gasteiger partial charge in [-0.3, -0.25) is 4.68 Å². The van der Waals surface area contributed by atoms with Gasteiger partial charge in [0, 0.05) is 6.17 Å². The van der Waals surface area contributed by atoms with Crippen molar-refractivity contribution < 1.29 is 0 Å². The van der Waals surface area contributed by atoms with E-state index in [4.69, 9.17) is 7.85 Å². The molecular formula is C34H30BN3Si. The third kappa shape index (κ3) is 6.16. The molecule has 0 unspecified atom stereocenters. The van der Waals surface area contributed by atoms with E-state index in [2.05, 4.69) is 125 Å².